The van der Waals surface area contributed by atoms with E-state index in [2.05, 4.69) is 32.9 Å². The van der Waals surface area contributed by atoms with Crippen LogP contribution in [-0.2, 0) is 4.74 Å². The molecule has 0 radical (unpaired) electrons. The predicted molar refractivity (Wildman–Crippen MR) is 120 cm³/mol. The first-order valence-corrected chi connectivity index (χ1v) is 12.0. The Hall–Kier alpha value is -0.720. The molecule has 30 heavy (non-hydrogen) atoms. The van der Waals surface area contributed by atoms with Crippen molar-refractivity contribution < 1.29 is 20.0 Å². The Morgan fingerprint density at radius 2 is 1.87 bits per heavy atom. The van der Waals surface area contributed by atoms with Gasteiger partial charge in [-0.25, -0.2) is 0 Å². The van der Waals surface area contributed by atoms with Crippen LogP contribution in [0.4, 0.5) is 0 Å². The topological polar surface area (TPSA) is 77.2 Å². The van der Waals surface area contributed by atoms with Gasteiger partial charge in [0.05, 0.1) is 17.7 Å². The standard InChI is InChI=1S/C25H43NO4/c1-16(2)10-8-11-17(3)12-9-15-25(5,28)24-22(27)21-19-13-6-7-14-20(19)26(29)18(4)23(21)30-24/h10,12,18-24,26-28H,6-9,11,13-15H2,1-5H3/t18?,19?,20?,21?,22-,23?,24+,25-/m0/s1. The van der Waals surface area contributed by atoms with Crippen LogP contribution in [-0.4, -0.2) is 46.2 Å². The molecule has 0 aromatic rings. The Kier molecular flexibility index (Phi) is 7.84. The zero-order valence-electron chi connectivity index (χ0n) is 19.6. The van der Waals surface area contributed by atoms with E-state index in [1.54, 1.807) is 6.92 Å². The molecule has 5 heteroatoms. The molecule has 2 aliphatic heterocycles. The fourth-order valence-corrected chi connectivity index (χ4v) is 6.12. The molecular formula is C25H43NO4. The summed E-state index contributed by atoms with van der Waals surface area (Å²) in [5, 5.41) is 35.7. The maximum absolute atomic E-state index is 12.9. The van der Waals surface area contributed by atoms with Crippen molar-refractivity contribution in [2.24, 2.45) is 11.8 Å². The van der Waals surface area contributed by atoms with E-state index in [0.29, 0.717) is 11.5 Å². The van der Waals surface area contributed by atoms with Gasteiger partial charge in [-0.15, -0.1) is 0 Å². The van der Waals surface area contributed by atoms with Crippen molar-refractivity contribution in [3.63, 3.8) is 0 Å². The van der Waals surface area contributed by atoms with E-state index in [1.165, 1.54) is 11.1 Å². The van der Waals surface area contributed by atoms with Crippen LogP contribution in [0.5, 0.6) is 0 Å². The maximum atomic E-state index is 12.9. The van der Waals surface area contributed by atoms with Crippen LogP contribution in [0.1, 0.15) is 86.0 Å². The lowest BCUT2D eigenvalue weighted by Gasteiger charge is -2.52. The minimum atomic E-state index is -1.11. The Balaban J connectivity index is 1.63. The number of hydroxylamine groups is 2. The number of ether oxygens (including phenoxy) is 1. The third-order valence-electron chi connectivity index (χ3n) is 7.86. The molecule has 9 atom stereocenters. The number of piperidine rings is 1. The number of quaternary nitrogens is 1. The molecule has 3 fully saturated rings. The highest BCUT2D eigenvalue weighted by atomic mass is 16.6. The van der Waals surface area contributed by atoms with E-state index in [9.17, 15) is 15.4 Å². The summed E-state index contributed by atoms with van der Waals surface area (Å²) >= 11 is 0. The molecule has 1 saturated carbocycles. The molecular weight excluding hydrogens is 378 g/mol. The Labute approximate surface area is 182 Å². The molecule has 3 rings (SSSR count). The van der Waals surface area contributed by atoms with Crippen LogP contribution in [0, 0.1) is 17.0 Å². The average Bonchev–Trinajstić information content (AvgIpc) is 3.04. The molecule has 0 amide bonds. The second-order valence-electron chi connectivity index (χ2n) is 10.6. The first kappa shape index (κ1) is 23.9. The first-order valence-electron chi connectivity index (χ1n) is 12.0. The Morgan fingerprint density at radius 3 is 2.57 bits per heavy atom. The van der Waals surface area contributed by atoms with E-state index in [1.807, 2.05) is 6.92 Å². The van der Waals surface area contributed by atoms with Gasteiger partial charge in [0, 0.05) is 11.8 Å². The largest absolute Gasteiger partial charge is 0.634 e. The highest BCUT2D eigenvalue weighted by Crippen LogP contribution is 2.45. The maximum Gasteiger partial charge on any atom is 0.116 e. The summed E-state index contributed by atoms with van der Waals surface area (Å²) in [6, 6.07) is -0.120. The van der Waals surface area contributed by atoms with Crippen molar-refractivity contribution in [2.75, 3.05) is 0 Å². The lowest BCUT2D eigenvalue weighted by Crippen LogP contribution is -3.18. The van der Waals surface area contributed by atoms with Gasteiger partial charge in [-0.3, -0.25) is 0 Å². The summed E-state index contributed by atoms with van der Waals surface area (Å²) < 4.78 is 6.27. The van der Waals surface area contributed by atoms with E-state index in [0.717, 1.165) is 44.9 Å². The number of hydrogen-bond acceptors (Lipinski definition) is 4. The van der Waals surface area contributed by atoms with E-state index < -0.39 is 17.8 Å². The number of allylic oxidation sites excluding steroid dienone is 4. The van der Waals surface area contributed by atoms with Gasteiger partial charge in [0.15, 0.2) is 0 Å². The summed E-state index contributed by atoms with van der Waals surface area (Å²) in [7, 11) is 0. The highest BCUT2D eigenvalue weighted by molar-refractivity contribution is 5.07. The van der Waals surface area contributed by atoms with Crippen molar-refractivity contribution >= 4 is 0 Å². The van der Waals surface area contributed by atoms with Crippen LogP contribution < -0.4 is 5.06 Å². The van der Waals surface area contributed by atoms with Gasteiger partial charge in [-0.1, -0.05) is 29.7 Å². The van der Waals surface area contributed by atoms with Crippen molar-refractivity contribution in [2.45, 2.75) is 122 Å². The van der Waals surface area contributed by atoms with Crippen LogP contribution in [0.3, 0.4) is 0 Å². The first-order chi connectivity index (χ1) is 14.1. The summed E-state index contributed by atoms with van der Waals surface area (Å²) in [6.07, 6.45) is 10.4. The zero-order chi connectivity index (χ0) is 22.1. The third kappa shape index (κ3) is 5.02. The molecule has 172 valence electrons. The second kappa shape index (κ2) is 9.83. The average molecular weight is 422 g/mol. The van der Waals surface area contributed by atoms with Crippen LogP contribution in [0.25, 0.3) is 0 Å². The zero-order valence-corrected chi connectivity index (χ0v) is 19.6. The van der Waals surface area contributed by atoms with Gasteiger partial charge in [0.1, 0.15) is 18.2 Å². The number of aliphatic hydroxyl groups is 2. The van der Waals surface area contributed by atoms with Crippen molar-refractivity contribution in [1.82, 2.24) is 0 Å². The molecule has 3 aliphatic rings. The Bertz CT molecular complexity index is 639. The molecule has 6 unspecified atom stereocenters. The molecule has 3 N–H and O–H groups in total. The summed E-state index contributed by atoms with van der Waals surface area (Å²) in [4.78, 5) is 0. The molecule has 0 aromatic heterocycles. The predicted octanol–water partition coefficient (Wildman–Crippen LogP) is 3.30. The van der Waals surface area contributed by atoms with Crippen LogP contribution in [0.15, 0.2) is 23.3 Å². The fraction of sp³-hybridized carbons (Fsp3) is 0.840. The molecule has 1 aliphatic carbocycles. The summed E-state index contributed by atoms with van der Waals surface area (Å²) in [6.45, 7) is 10.1. The number of fused-ring (bicyclic) bond motifs is 3. The van der Waals surface area contributed by atoms with Gasteiger partial charge in [0.25, 0.3) is 0 Å². The third-order valence-corrected chi connectivity index (χ3v) is 7.86. The van der Waals surface area contributed by atoms with Gasteiger partial charge in [-0.05, 0) is 79.6 Å². The molecule has 2 saturated heterocycles. The van der Waals surface area contributed by atoms with Crippen molar-refractivity contribution in [3.05, 3.63) is 28.5 Å². The monoisotopic (exact) mass is 421 g/mol. The summed E-state index contributed by atoms with van der Waals surface area (Å²) in [5.74, 6) is 0.182. The molecule has 0 bridgehead atoms. The fourth-order valence-electron chi connectivity index (χ4n) is 6.12. The van der Waals surface area contributed by atoms with Gasteiger partial charge >= 0.3 is 0 Å². The van der Waals surface area contributed by atoms with E-state index in [4.69, 9.17) is 4.74 Å². The minimum Gasteiger partial charge on any atom is -0.634 e. The number of aliphatic hydroxyl groups excluding tert-OH is 1. The number of rotatable bonds is 7. The van der Waals surface area contributed by atoms with Gasteiger partial charge < -0.3 is 25.2 Å². The van der Waals surface area contributed by atoms with E-state index >= 15 is 0 Å². The Morgan fingerprint density at radius 1 is 1.17 bits per heavy atom. The van der Waals surface area contributed by atoms with Gasteiger partial charge in [-0.2, -0.15) is 0 Å². The van der Waals surface area contributed by atoms with E-state index in [-0.39, 0.29) is 30.0 Å². The minimum absolute atomic E-state index is 0.0270. The van der Waals surface area contributed by atoms with Crippen molar-refractivity contribution in [3.8, 4) is 0 Å². The molecule has 2 heterocycles. The molecule has 0 spiro atoms. The SMILES string of the molecule is CC(C)=CCCC(C)=CCC[C@](C)(O)[C@@H]1OC2C(C3CCCCC3[NH+]([O-])C2C)[C@@H]1O. The molecule has 5 nitrogen and oxygen atoms in total. The smallest absolute Gasteiger partial charge is 0.116 e. The van der Waals surface area contributed by atoms with Gasteiger partial charge in [0.2, 0.25) is 0 Å². The van der Waals surface area contributed by atoms with Crippen molar-refractivity contribution in [1.29, 1.82) is 0 Å². The lowest BCUT2D eigenvalue weighted by molar-refractivity contribution is -0.917. The number of nitrogens with one attached hydrogen (secondary N) is 1. The second-order valence-corrected chi connectivity index (χ2v) is 10.6. The highest BCUT2D eigenvalue weighted by Gasteiger charge is 2.60. The lowest BCUT2D eigenvalue weighted by atomic mass is 9.67. The quantitative estimate of drug-likeness (QED) is 0.435. The van der Waals surface area contributed by atoms with Crippen LogP contribution in [0.2, 0.25) is 0 Å². The van der Waals surface area contributed by atoms with Crippen LogP contribution >= 0.6 is 0 Å². The number of hydrogen-bond donors (Lipinski definition) is 3. The summed E-state index contributed by atoms with van der Waals surface area (Å²) in [5.41, 5.74) is 1.56. The normalized spacial score (nSPS) is 41.0. The molecule has 0 aromatic carbocycles.